The minimum absolute atomic E-state index is 0.0698. The van der Waals surface area contributed by atoms with Crippen molar-refractivity contribution < 1.29 is 4.79 Å². The predicted octanol–water partition coefficient (Wildman–Crippen LogP) is 3.99. The highest BCUT2D eigenvalue weighted by atomic mass is 32.2. The molecule has 0 saturated carbocycles. The van der Waals surface area contributed by atoms with Gasteiger partial charge in [0.05, 0.1) is 5.75 Å². The van der Waals surface area contributed by atoms with Gasteiger partial charge in [0, 0.05) is 54.2 Å². The van der Waals surface area contributed by atoms with E-state index in [4.69, 9.17) is 0 Å². The maximum Gasteiger partial charge on any atom is 0.192 e. The number of thioether (sulfide) groups is 1. The molecule has 0 aliphatic rings. The van der Waals surface area contributed by atoms with Crippen molar-refractivity contribution in [1.82, 2.24) is 24.3 Å². The van der Waals surface area contributed by atoms with Crippen molar-refractivity contribution in [3.05, 3.63) is 73.2 Å². The highest BCUT2D eigenvalue weighted by molar-refractivity contribution is 7.99. The molecule has 4 rings (SSSR count). The van der Waals surface area contributed by atoms with Gasteiger partial charge in [-0.15, -0.1) is 16.8 Å². The summed E-state index contributed by atoms with van der Waals surface area (Å²) in [6.45, 7) is 4.39. The van der Waals surface area contributed by atoms with Gasteiger partial charge in [0.2, 0.25) is 0 Å². The lowest BCUT2D eigenvalue weighted by Crippen LogP contribution is -2.05. The zero-order chi connectivity index (χ0) is 19.5. The summed E-state index contributed by atoms with van der Waals surface area (Å²) in [5, 5.41) is 10.3. The number of fused-ring (bicyclic) bond motifs is 1. The Balaban J connectivity index is 1.58. The fourth-order valence-corrected chi connectivity index (χ4v) is 4.01. The number of nitrogens with zero attached hydrogens (tertiary/aromatic N) is 5. The third kappa shape index (κ3) is 3.36. The first kappa shape index (κ1) is 18.2. The molecule has 1 aromatic carbocycles. The molecular weight excluding hydrogens is 370 g/mol. The Morgan fingerprint density at radius 1 is 1.18 bits per heavy atom. The van der Waals surface area contributed by atoms with Crippen molar-refractivity contribution in [1.29, 1.82) is 0 Å². The highest BCUT2D eigenvalue weighted by Gasteiger charge is 2.18. The van der Waals surface area contributed by atoms with E-state index in [0.29, 0.717) is 17.5 Å². The van der Waals surface area contributed by atoms with E-state index in [1.165, 1.54) is 11.8 Å². The van der Waals surface area contributed by atoms with Crippen LogP contribution in [-0.2, 0) is 13.6 Å². The van der Waals surface area contributed by atoms with E-state index in [2.05, 4.69) is 21.8 Å². The first-order valence-corrected chi connectivity index (χ1v) is 9.82. The number of hydrogen-bond acceptors (Lipinski definition) is 5. The van der Waals surface area contributed by atoms with E-state index in [0.717, 1.165) is 27.9 Å². The molecule has 3 heterocycles. The maximum atomic E-state index is 12.9. The van der Waals surface area contributed by atoms with Gasteiger partial charge in [-0.1, -0.05) is 36.0 Å². The minimum atomic E-state index is 0.0698. The normalized spacial score (nSPS) is 11.0. The molecule has 0 bridgehead atoms. The number of allylic oxidation sites excluding steroid dienone is 1. The molecule has 7 heteroatoms. The van der Waals surface area contributed by atoms with E-state index in [1.807, 2.05) is 58.8 Å². The Hall–Kier alpha value is -3.19. The molecule has 0 radical (unpaired) electrons. The second kappa shape index (κ2) is 7.82. The van der Waals surface area contributed by atoms with Gasteiger partial charge in [0.1, 0.15) is 0 Å². The quantitative estimate of drug-likeness (QED) is 0.272. The Bertz CT molecular complexity index is 1150. The van der Waals surface area contributed by atoms with Gasteiger partial charge in [-0.2, -0.15) is 0 Å². The number of rotatable bonds is 7. The molecule has 0 unspecified atom stereocenters. The largest absolute Gasteiger partial charge is 0.350 e. The van der Waals surface area contributed by atoms with Crippen LogP contribution in [0.5, 0.6) is 0 Å². The third-order valence-corrected chi connectivity index (χ3v) is 5.46. The molecule has 0 aliphatic heterocycles. The second-order valence-electron chi connectivity index (χ2n) is 6.32. The fraction of sp³-hybridized carbons (Fsp3) is 0.143. The van der Waals surface area contributed by atoms with E-state index in [1.54, 1.807) is 18.5 Å². The molecule has 140 valence electrons. The molecule has 6 nitrogen and oxygen atoms in total. The molecule has 0 amide bonds. The van der Waals surface area contributed by atoms with Crippen LogP contribution < -0.4 is 0 Å². The van der Waals surface area contributed by atoms with Crippen LogP contribution in [0.2, 0.25) is 0 Å². The van der Waals surface area contributed by atoms with Crippen molar-refractivity contribution in [3.8, 4) is 11.4 Å². The zero-order valence-electron chi connectivity index (χ0n) is 15.4. The first-order valence-electron chi connectivity index (χ1n) is 8.83. The number of pyridine rings is 1. The van der Waals surface area contributed by atoms with Gasteiger partial charge in [0.15, 0.2) is 16.8 Å². The van der Waals surface area contributed by atoms with Crippen LogP contribution in [0.1, 0.15) is 10.4 Å². The number of para-hydroxylation sites is 1. The number of benzene rings is 1. The van der Waals surface area contributed by atoms with Crippen LogP contribution in [0.15, 0.2) is 72.8 Å². The summed E-state index contributed by atoms with van der Waals surface area (Å²) >= 11 is 1.39. The van der Waals surface area contributed by atoms with Crippen LogP contribution >= 0.6 is 11.8 Å². The van der Waals surface area contributed by atoms with Gasteiger partial charge in [-0.3, -0.25) is 14.3 Å². The molecule has 28 heavy (non-hydrogen) atoms. The molecule has 0 N–H and O–H groups in total. The van der Waals surface area contributed by atoms with Gasteiger partial charge < -0.3 is 4.57 Å². The van der Waals surface area contributed by atoms with Gasteiger partial charge in [0.25, 0.3) is 0 Å². The van der Waals surface area contributed by atoms with E-state index in [-0.39, 0.29) is 5.78 Å². The lowest BCUT2D eigenvalue weighted by atomic mass is 10.1. The Morgan fingerprint density at radius 3 is 2.75 bits per heavy atom. The van der Waals surface area contributed by atoms with E-state index in [9.17, 15) is 4.79 Å². The predicted molar refractivity (Wildman–Crippen MR) is 111 cm³/mol. The van der Waals surface area contributed by atoms with Crippen molar-refractivity contribution in [2.75, 3.05) is 5.75 Å². The summed E-state index contributed by atoms with van der Waals surface area (Å²) in [4.78, 5) is 16.9. The lowest BCUT2D eigenvalue weighted by Gasteiger charge is -2.07. The summed E-state index contributed by atoms with van der Waals surface area (Å²) in [5.41, 5.74) is 2.71. The summed E-state index contributed by atoms with van der Waals surface area (Å²) in [7, 11) is 1.95. The molecular formula is C21H19N5OS. The number of Topliss-reactive ketones (excluding diaryl/α,β-unsaturated/α-hetero) is 1. The highest BCUT2D eigenvalue weighted by Crippen LogP contribution is 2.26. The van der Waals surface area contributed by atoms with Crippen molar-refractivity contribution in [2.24, 2.45) is 7.05 Å². The SMILES string of the molecule is C=CCn1c(SCC(=O)c2cn(C)c3ccccc23)nnc1-c1ccncc1. The third-order valence-electron chi connectivity index (χ3n) is 4.50. The van der Waals surface area contributed by atoms with Crippen LogP contribution in [0, 0.1) is 0 Å². The monoisotopic (exact) mass is 389 g/mol. The van der Waals surface area contributed by atoms with Gasteiger partial charge in [-0.25, -0.2) is 0 Å². The molecule has 0 fully saturated rings. The van der Waals surface area contributed by atoms with Crippen LogP contribution in [0.4, 0.5) is 0 Å². The number of aromatic nitrogens is 5. The van der Waals surface area contributed by atoms with Crippen LogP contribution in [-0.4, -0.2) is 35.9 Å². The average Bonchev–Trinajstić information content (AvgIpc) is 3.29. The molecule has 3 aromatic heterocycles. The Labute approximate surface area is 166 Å². The van der Waals surface area contributed by atoms with Crippen molar-refractivity contribution in [2.45, 2.75) is 11.7 Å². The average molecular weight is 389 g/mol. The second-order valence-corrected chi connectivity index (χ2v) is 7.27. The minimum Gasteiger partial charge on any atom is -0.350 e. The van der Waals surface area contributed by atoms with Crippen LogP contribution in [0.25, 0.3) is 22.3 Å². The smallest absolute Gasteiger partial charge is 0.192 e. The summed E-state index contributed by atoms with van der Waals surface area (Å²) in [5.74, 6) is 1.10. The van der Waals surface area contributed by atoms with Gasteiger partial charge >= 0.3 is 0 Å². The number of carbonyl (C=O) groups excluding carboxylic acids is 1. The molecule has 0 aliphatic carbocycles. The fourth-order valence-electron chi connectivity index (χ4n) is 3.18. The molecule has 0 atom stereocenters. The number of carbonyl (C=O) groups is 1. The summed E-state index contributed by atoms with van der Waals surface area (Å²) in [6, 6.07) is 11.7. The molecule has 0 saturated heterocycles. The molecule has 4 aromatic rings. The standard InChI is InChI=1S/C21H19N5OS/c1-3-12-26-20(15-8-10-22-11-9-15)23-24-21(26)28-14-19(27)17-13-25(2)18-7-5-4-6-16(17)18/h3-11,13H,1,12,14H2,2H3. The van der Waals surface area contributed by atoms with Gasteiger partial charge in [-0.05, 0) is 18.2 Å². The first-order chi connectivity index (χ1) is 13.7. The lowest BCUT2D eigenvalue weighted by molar-refractivity contribution is 0.102. The van der Waals surface area contributed by atoms with E-state index < -0.39 is 0 Å². The topological polar surface area (TPSA) is 65.6 Å². The number of hydrogen-bond donors (Lipinski definition) is 0. The number of ketones is 1. The maximum absolute atomic E-state index is 12.9. The van der Waals surface area contributed by atoms with Crippen molar-refractivity contribution in [3.63, 3.8) is 0 Å². The summed E-state index contributed by atoms with van der Waals surface area (Å²) < 4.78 is 3.94. The van der Waals surface area contributed by atoms with E-state index >= 15 is 0 Å². The Kier molecular flexibility index (Phi) is 5.08. The van der Waals surface area contributed by atoms with Crippen molar-refractivity contribution >= 4 is 28.4 Å². The zero-order valence-corrected chi connectivity index (χ0v) is 16.3. The summed E-state index contributed by atoms with van der Waals surface area (Å²) in [6.07, 6.45) is 7.13. The number of aryl methyl sites for hydroxylation is 1. The molecule has 0 spiro atoms. The Morgan fingerprint density at radius 2 is 1.96 bits per heavy atom. The van der Waals surface area contributed by atoms with Crippen LogP contribution in [0.3, 0.4) is 0 Å².